The van der Waals surface area contributed by atoms with Crippen LogP contribution in [0.3, 0.4) is 0 Å². The normalized spacial score (nSPS) is 23.6. The third-order valence-electron chi connectivity index (χ3n) is 5.31. The van der Waals surface area contributed by atoms with Crippen LogP contribution in [0, 0.1) is 11.8 Å². The molecular formula is C18H30OSi. The molecule has 0 saturated heterocycles. The molecule has 1 aromatic carbocycles. The van der Waals surface area contributed by atoms with Crippen molar-refractivity contribution in [3.05, 3.63) is 30.3 Å². The summed E-state index contributed by atoms with van der Waals surface area (Å²) in [6.07, 6.45) is 6.80. The van der Waals surface area contributed by atoms with E-state index >= 15 is 0 Å². The SMILES string of the molecule is CCCCC[C@H]1C[C@@H]1C(CO)[Si](C)(C)c1ccccc1. The Bertz CT molecular complexity index is 401. The fourth-order valence-corrected chi connectivity index (χ4v) is 7.15. The molecule has 1 aliphatic rings. The van der Waals surface area contributed by atoms with Crippen LogP contribution < -0.4 is 5.19 Å². The van der Waals surface area contributed by atoms with Crippen molar-refractivity contribution in [3.63, 3.8) is 0 Å². The zero-order valence-corrected chi connectivity index (χ0v) is 14.3. The van der Waals surface area contributed by atoms with Gasteiger partial charge in [0.1, 0.15) is 0 Å². The van der Waals surface area contributed by atoms with Crippen molar-refractivity contribution in [3.8, 4) is 0 Å². The van der Waals surface area contributed by atoms with E-state index < -0.39 is 8.07 Å². The minimum Gasteiger partial charge on any atom is -0.396 e. The van der Waals surface area contributed by atoms with Gasteiger partial charge < -0.3 is 5.11 Å². The first kappa shape index (κ1) is 15.8. The van der Waals surface area contributed by atoms with Gasteiger partial charge in [-0.25, -0.2) is 0 Å². The van der Waals surface area contributed by atoms with Crippen LogP contribution in [0.15, 0.2) is 30.3 Å². The summed E-state index contributed by atoms with van der Waals surface area (Å²) in [6.45, 7) is 7.52. The van der Waals surface area contributed by atoms with Crippen LogP contribution >= 0.6 is 0 Å². The van der Waals surface area contributed by atoms with Gasteiger partial charge in [-0.15, -0.1) is 0 Å². The average molecular weight is 291 g/mol. The second-order valence-electron chi connectivity index (χ2n) is 7.03. The van der Waals surface area contributed by atoms with Crippen LogP contribution in [0.4, 0.5) is 0 Å². The maximum Gasteiger partial charge on any atom is 0.0862 e. The van der Waals surface area contributed by atoms with E-state index in [4.69, 9.17) is 0 Å². The Morgan fingerprint density at radius 3 is 2.50 bits per heavy atom. The molecule has 0 aromatic heterocycles. The summed E-state index contributed by atoms with van der Waals surface area (Å²) >= 11 is 0. The summed E-state index contributed by atoms with van der Waals surface area (Å²) in [5.74, 6) is 1.69. The Morgan fingerprint density at radius 1 is 1.20 bits per heavy atom. The van der Waals surface area contributed by atoms with E-state index in [1.54, 1.807) is 0 Å². The standard InChI is InChI=1S/C18H30OSi/c1-4-5-7-10-15-13-17(15)18(14-19)20(2,3)16-11-8-6-9-12-16/h6,8-9,11-12,15,17-19H,4-5,7,10,13-14H2,1-3H3/t15-,17-,18?/m0/s1. The molecule has 0 bridgehead atoms. The summed E-state index contributed by atoms with van der Waals surface area (Å²) in [4.78, 5) is 0. The average Bonchev–Trinajstić information content (AvgIpc) is 3.20. The van der Waals surface area contributed by atoms with Gasteiger partial charge in [-0.1, -0.05) is 81.2 Å². The first-order chi connectivity index (χ1) is 9.61. The first-order valence-corrected chi connectivity index (χ1v) is 11.3. The molecule has 20 heavy (non-hydrogen) atoms. The van der Waals surface area contributed by atoms with E-state index in [0.29, 0.717) is 12.1 Å². The molecule has 0 heterocycles. The summed E-state index contributed by atoms with van der Waals surface area (Å²) in [6, 6.07) is 10.9. The van der Waals surface area contributed by atoms with Crippen molar-refractivity contribution in [2.75, 3.05) is 6.61 Å². The molecule has 0 radical (unpaired) electrons. The molecule has 1 fully saturated rings. The monoisotopic (exact) mass is 290 g/mol. The zero-order chi connectivity index (χ0) is 14.6. The number of aliphatic hydroxyl groups is 1. The lowest BCUT2D eigenvalue weighted by Crippen LogP contribution is -2.48. The molecule has 2 heteroatoms. The molecule has 1 aliphatic carbocycles. The smallest absolute Gasteiger partial charge is 0.0862 e. The predicted octanol–water partition coefficient (Wildman–Crippen LogP) is 4.18. The van der Waals surface area contributed by atoms with Crippen LogP contribution in [0.1, 0.15) is 39.0 Å². The molecule has 112 valence electrons. The highest BCUT2D eigenvalue weighted by atomic mass is 28.3. The van der Waals surface area contributed by atoms with E-state index in [2.05, 4.69) is 50.3 Å². The molecule has 1 saturated carbocycles. The molecule has 1 nitrogen and oxygen atoms in total. The molecule has 1 N–H and O–H groups in total. The number of aliphatic hydroxyl groups excluding tert-OH is 1. The van der Waals surface area contributed by atoms with Gasteiger partial charge >= 0.3 is 0 Å². The van der Waals surface area contributed by atoms with Gasteiger partial charge in [0.15, 0.2) is 0 Å². The lowest BCUT2D eigenvalue weighted by Gasteiger charge is -2.32. The Labute approximate surface area is 125 Å². The fourth-order valence-electron chi connectivity index (χ4n) is 3.73. The van der Waals surface area contributed by atoms with Crippen LogP contribution in [-0.2, 0) is 0 Å². The van der Waals surface area contributed by atoms with Gasteiger partial charge in [-0.05, 0) is 23.8 Å². The van der Waals surface area contributed by atoms with Gasteiger partial charge in [0.2, 0.25) is 0 Å². The third kappa shape index (κ3) is 3.53. The van der Waals surface area contributed by atoms with Gasteiger partial charge in [0, 0.05) is 6.61 Å². The van der Waals surface area contributed by atoms with Crippen LogP contribution in [0.5, 0.6) is 0 Å². The minimum atomic E-state index is -1.55. The highest BCUT2D eigenvalue weighted by molar-refractivity contribution is 6.91. The quantitative estimate of drug-likeness (QED) is 0.562. The highest BCUT2D eigenvalue weighted by Crippen LogP contribution is 2.52. The van der Waals surface area contributed by atoms with E-state index in [1.807, 2.05) is 0 Å². The topological polar surface area (TPSA) is 20.2 Å². The lowest BCUT2D eigenvalue weighted by atomic mass is 10.1. The molecular weight excluding hydrogens is 260 g/mol. The Morgan fingerprint density at radius 2 is 1.90 bits per heavy atom. The third-order valence-corrected chi connectivity index (χ3v) is 9.60. The molecule has 0 amide bonds. The number of benzene rings is 1. The fraction of sp³-hybridized carbons (Fsp3) is 0.667. The molecule has 2 rings (SSSR count). The number of unbranched alkanes of at least 4 members (excludes halogenated alkanes) is 2. The molecule has 0 spiro atoms. The van der Waals surface area contributed by atoms with Crippen LogP contribution in [0.2, 0.25) is 18.6 Å². The van der Waals surface area contributed by atoms with E-state index in [1.165, 1.54) is 37.3 Å². The molecule has 1 aromatic rings. The van der Waals surface area contributed by atoms with Crippen molar-refractivity contribution < 1.29 is 5.11 Å². The highest BCUT2D eigenvalue weighted by Gasteiger charge is 2.48. The maximum atomic E-state index is 9.96. The number of rotatable bonds is 8. The Hall–Kier alpha value is -0.603. The summed E-state index contributed by atoms with van der Waals surface area (Å²) < 4.78 is 0. The Balaban J connectivity index is 1.99. The molecule has 3 atom stereocenters. The van der Waals surface area contributed by atoms with Crippen molar-refractivity contribution in [2.24, 2.45) is 11.8 Å². The van der Waals surface area contributed by atoms with Gasteiger partial charge in [0.25, 0.3) is 0 Å². The van der Waals surface area contributed by atoms with Crippen molar-refractivity contribution in [2.45, 2.75) is 57.7 Å². The van der Waals surface area contributed by atoms with E-state index in [-0.39, 0.29) is 0 Å². The second-order valence-corrected chi connectivity index (χ2v) is 11.8. The van der Waals surface area contributed by atoms with E-state index in [0.717, 1.165) is 11.8 Å². The summed E-state index contributed by atoms with van der Waals surface area (Å²) in [5.41, 5.74) is 0.538. The van der Waals surface area contributed by atoms with Crippen molar-refractivity contribution in [1.29, 1.82) is 0 Å². The van der Waals surface area contributed by atoms with Crippen molar-refractivity contribution in [1.82, 2.24) is 0 Å². The van der Waals surface area contributed by atoms with Crippen LogP contribution in [0.25, 0.3) is 0 Å². The Kier molecular flexibility index (Phi) is 5.45. The van der Waals surface area contributed by atoms with Crippen LogP contribution in [-0.4, -0.2) is 19.8 Å². The minimum absolute atomic E-state index is 0.378. The first-order valence-electron chi connectivity index (χ1n) is 8.27. The molecule has 0 aliphatic heterocycles. The summed E-state index contributed by atoms with van der Waals surface area (Å²) in [5, 5.41) is 11.5. The van der Waals surface area contributed by atoms with Crippen molar-refractivity contribution >= 4 is 13.3 Å². The zero-order valence-electron chi connectivity index (χ0n) is 13.3. The van der Waals surface area contributed by atoms with Gasteiger partial charge in [0.05, 0.1) is 8.07 Å². The van der Waals surface area contributed by atoms with Gasteiger partial charge in [-0.3, -0.25) is 0 Å². The summed E-state index contributed by atoms with van der Waals surface area (Å²) in [7, 11) is -1.55. The second kappa shape index (κ2) is 6.90. The van der Waals surface area contributed by atoms with E-state index in [9.17, 15) is 5.11 Å². The lowest BCUT2D eigenvalue weighted by molar-refractivity contribution is 0.272. The number of hydrogen-bond donors (Lipinski definition) is 1. The predicted molar refractivity (Wildman–Crippen MR) is 90.1 cm³/mol. The van der Waals surface area contributed by atoms with Gasteiger partial charge in [-0.2, -0.15) is 0 Å². The molecule has 1 unspecified atom stereocenters. The maximum absolute atomic E-state index is 9.96. The largest absolute Gasteiger partial charge is 0.396 e. The number of hydrogen-bond acceptors (Lipinski definition) is 1.